The van der Waals surface area contributed by atoms with Crippen LogP contribution in [0.2, 0.25) is 0 Å². The molecule has 0 bridgehead atoms. The lowest BCUT2D eigenvalue weighted by molar-refractivity contribution is 0.105. The van der Waals surface area contributed by atoms with Crippen LogP contribution in [-0.2, 0) is 9.47 Å². The Morgan fingerprint density at radius 3 is 2.11 bits per heavy atom. The highest BCUT2D eigenvalue weighted by Gasteiger charge is 2.25. The van der Waals surface area contributed by atoms with Crippen molar-refractivity contribution in [2.24, 2.45) is 11.3 Å². The molecule has 0 heterocycles. The van der Waals surface area contributed by atoms with Crippen LogP contribution >= 0.6 is 12.6 Å². The predicted molar refractivity (Wildman–Crippen MR) is 81.6 cm³/mol. The van der Waals surface area contributed by atoms with E-state index < -0.39 is 0 Å². The smallest absolute Gasteiger partial charge is 0.0589 e. The van der Waals surface area contributed by atoms with E-state index in [2.05, 4.69) is 38.3 Å². The van der Waals surface area contributed by atoms with Gasteiger partial charge in [-0.05, 0) is 23.5 Å². The Bertz CT molecular complexity index is 195. The van der Waals surface area contributed by atoms with Gasteiger partial charge in [-0.3, -0.25) is 0 Å². The topological polar surface area (TPSA) is 21.7 Å². The summed E-state index contributed by atoms with van der Waals surface area (Å²) in [6, 6.07) is 0. The van der Waals surface area contributed by atoms with Crippen LogP contribution in [0.3, 0.4) is 0 Å². The third-order valence-corrected chi connectivity index (χ3v) is 3.80. The molecule has 0 fully saturated rings. The lowest BCUT2D eigenvalue weighted by Crippen LogP contribution is -2.39. The number of methoxy groups -OCH3 is 2. The monoisotopic (exact) mass is 277 g/mol. The molecule has 110 valence electrons. The van der Waals surface area contributed by atoms with Crippen LogP contribution in [0.5, 0.6) is 0 Å². The molecule has 0 radical (unpaired) electrons. The van der Waals surface area contributed by atoms with Crippen molar-refractivity contribution in [3.05, 3.63) is 0 Å². The molecule has 0 rings (SSSR count). The molecule has 0 spiro atoms. The molecule has 0 aliphatic rings. The van der Waals surface area contributed by atoms with Gasteiger partial charge in [0.05, 0.1) is 6.61 Å². The summed E-state index contributed by atoms with van der Waals surface area (Å²) in [7, 11) is 3.51. The highest BCUT2D eigenvalue weighted by atomic mass is 32.1. The second-order valence-corrected chi connectivity index (χ2v) is 6.25. The van der Waals surface area contributed by atoms with Crippen molar-refractivity contribution in [2.45, 2.75) is 27.2 Å². The number of ether oxygens (including phenoxy) is 2. The molecule has 0 saturated carbocycles. The highest BCUT2D eigenvalue weighted by molar-refractivity contribution is 7.80. The fourth-order valence-corrected chi connectivity index (χ4v) is 2.53. The number of nitrogens with zero attached hydrogens (tertiary/aromatic N) is 1. The quantitative estimate of drug-likeness (QED) is 0.490. The van der Waals surface area contributed by atoms with Gasteiger partial charge in [0, 0.05) is 40.5 Å². The number of thiol groups is 1. The van der Waals surface area contributed by atoms with Gasteiger partial charge in [0.25, 0.3) is 0 Å². The summed E-state index contributed by atoms with van der Waals surface area (Å²) in [4.78, 5) is 2.47. The summed E-state index contributed by atoms with van der Waals surface area (Å²) in [5.74, 6) is 1.53. The van der Waals surface area contributed by atoms with Gasteiger partial charge in [-0.25, -0.2) is 0 Å². The van der Waals surface area contributed by atoms with Gasteiger partial charge in [-0.1, -0.05) is 20.8 Å². The second-order valence-electron chi connectivity index (χ2n) is 5.89. The molecule has 4 heteroatoms. The summed E-state index contributed by atoms with van der Waals surface area (Å²) < 4.78 is 10.3. The Kier molecular flexibility index (Phi) is 10.2. The molecule has 0 saturated heterocycles. The number of hydrogen-bond donors (Lipinski definition) is 1. The van der Waals surface area contributed by atoms with Crippen LogP contribution in [0, 0.1) is 11.3 Å². The SMILES string of the molecule is COCCCN(CCOC)CC(CS)C(C)(C)C. The van der Waals surface area contributed by atoms with Crippen LogP contribution in [-0.4, -0.2) is 57.7 Å². The highest BCUT2D eigenvalue weighted by Crippen LogP contribution is 2.27. The van der Waals surface area contributed by atoms with Gasteiger partial charge in [0.1, 0.15) is 0 Å². The van der Waals surface area contributed by atoms with E-state index in [1.807, 2.05) is 0 Å². The van der Waals surface area contributed by atoms with Crippen molar-refractivity contribution in [3.8, 4) is 0 Å². The second kappa shape index (κ2) is 10.1. The summed E-state index contributed by atoms with van der Waals surface area (Å²) in [6.07, 6.45) is 1.07. The normalized spacial score (nSPS) is 14.2. The Morgan fingerprint density at radius 1 is 1.06 bits per heavy atom. The molecular weight excluding hydrogens is 246 g/mol. The minimum absolute atomic E-state index is 0.300. The third-order valence-electron chi connectivity index (χ3n) is 3.36. The largest absolute Gasteiger partial charge is 0.385 e. The summed E-state index contributed by atoms with van der Waals surface area (Å²) in [5, 5.41) is 0. The first-order valence-electron chi connectivity index (χ1n) is 6.76. The number of hydrogen-bond acceptors (Lipinski definition) is 4. The molecule has 0 aromatic heterocycles. The van der Waals surface area contributed by atoms with Crippen molar-refractivity contribution < 1.29 is 9.47 Å². The van der Waals surface area contributed by atoms with Crippen LogP contribution in [0.15, 0.2) is 0 Å². The molecule has 1 unspecified atom stereocenters. The van der Waals surface area contributed by atoms with Crippen molar-refractivity contribution >= 4 is 12.6 Å². The van der Waals surface area contributed by atoms with E-state index in [-0.39, 0.29) is 0 Å². The number of rotatable bonds is 10. The Morgan fingerprint density at radius 2 is 1.67 bits per heavy atom. The molecule has 0 aromatic carbocycles. The van der Waals surface area contributed by atoms with Crippen molar-refractivity contribution in [1.29, 1.82) is 0 Å². The molecule has 0 aliphatic carbocycles. The minimum Gasteiger partial charge on any atom is -0.385 e. The van der Waals surface area contributed by atoms with E-state index in [0.717, 1.165) is 45.0 Å². The Hall–Kier alpha value is 0.230. The molecule has 1 atom stereocenters. The zero-order valence-corrected chi connectivity index (χ0v) is 13.6. The Labute approximate surface area is 119 Å². The Balaban J connectivity index is 4.26. The van der Waals surface area contributed by atoms with E-state index in [4.69, 9.17) is 9.47 Å². The van der Waals surface area contributed by atoms with Gasteiger partial charge in [-0.15, -0.1) is 0 Å². The van der Waals surface area contributed by atoms with E-state index in [1.54, 1.807) is 14.2 Å². The van der Waals surface area contributed by atoms with E-state index in [0.29, 0.717) is 11.3 Å². The summed E-state index contributed by atoms with van der Waals surface area (Å²) in [5.41, 5.74) is 0.300. The molecule has 0 aromatic rings. The maximum absolute atomic E-state index is 5.19. The van der Waals surface area contributed by atoms with Gasteiger partial charge < -0.3 is 14.4 Å². The average Bonchev–Trinajstić information content (AvgIpc) is 2.30. The molecular formula is C14H31NO2S. The first-order valence-corrected chi connectivity index (χ1v) is 7.40. The van der Waals surface area contributed by atoms with E-state index in [9.17, 15) is 0 Å². The third kappa shape index (κ3) is 8.35. The lowest BCUT2D eigenvalue weighted by atomic mass is 9.81. The fourth-order valence-electron chi connectivity index (χ4n) is 1.86. The summed E-state index contributed by atoms with van der Waals surface area (Å²) in [6.45, 7) is 11.6. The van der Waals surface area contributed by atoms with Gasteiger partial charge >= 0.3 is 0 Å². The maximum atomic E-state index is 5.19. The van der Waals surface area contributed by atoms with Crippen molar-refractivity contribution in [1.82, 2.24) is 4.90 Å². The lowest BCUT2D eigenvalue weighted by Gasteiger charge is -2.34. The van der Waals surface area contributed by atoms with E-state index >= 15 is 0 Å². The van der Waals surface area contributed by atoms with Crippen molar-refractivity contribution in [3.63, 3.8) is 0 Å². The van der Waals surface area contributed by atoms with Gasteiger partial charge in [-0.2, -0.15) is 12.6 Å². The van der Waals surface area contributed by atoms with E-state index in [1.165, 1.54) is 0 Å². The standard InChI is InChI=1S/C14H31NO2S/c1-14(2,3)13(12-18)11-15(8-10-17-5)7-6-9-16-4/h13,18H,6-12H2,1-5H3. The van der Waals surface area contributed by atoms with Gasteiger partial charge in [0.15, 0.2) is 0 Å². The molecule has 3 nitrogen and oxygen atoms in total. The van der Waals surface area contributed by atoms with Crippen LogP contribution in [0.1, 0.15) is 27.2 Å². The summed E-state index contributed by atoms with van der Waals surface area (Å²) >= 11 is 4.50. The zero-order chi connectivity index (χ0) is 14.0. The first-order chi connectivity index (χ1) is 8.45. The molecule has 0 amide bonds. The predicted octanol–water partition coefficient (Wildman–Crippen LogP) is 2.56. The molecule has 18 heavy (non-hydrogen) atoms. The maximum Gasteiger partial charge on any atom is 0.0589 e. The van der Waals surface area contributed by atoms with Crippen molar-refractivity contribution in [2.75, 3.05) is 52.8 Å². The minimum atomic E-state index is 0.300. The molecule has 0 aliphatic heterocycles. The van der Waals surface area contributed by atoms with Gasteiger partial charge in [0.2, 0.25) is 0 Å². The molecule has 0 N–H and O–H groups in total. The van der Waals surface area contributed by atoms with Crippen LogP contribution < -0.4 is 0 Å². The fraction of sp³-hybridized carbons (Fsp3) is 1.00. The van der Waals surface area contributed by atoms with Crippen LogP contribution in [0.4, 0.5) is 0 Å². The van der Waals surface area contributed by atoms with Crippen LogP contribution in [0.25, 0.3) is 0 Å². The first kappa shape index (κ1) is 18.2. The zero-order valence-electron chi connectivity index (χ0n) is 12.7. The average molecular weight is 277 g/mol.